The van der Waals surface area contributed by atoms with Crippen LogP contribution in [0.25, 0.3) is 0 Å². The topological polar surface area (TPSA) is 15.3 Å². The number of hydrogen-bond acceptors (Lipinski definition) is 1. The highest BCUT2D eigenvalue weighted by Gasteiger charge is 2.21. The first-order valence-electron chi connectivity index (χ1n) is 5.13. The van der Waals surface area contributed by atoms with Crippen LogP contribution in [-0.2, 0) is 0 Å². The summed E-state index contributed by atoms with van der Waals surface area (Å²) in [6, 6.07) is 0.602. The Morgan fingerprint density at radius 1 is 1.38 bits per heavy atom. The van der Waals surface area contributed by atoms with Gasteiger partial charge in [0.15, 0.2) is 5.11 Å². The fourth-order valence-electron chi connectivity index (χ4n) is 1.95. The van der Waals surface area contributed by atoms with Crippen LogP contribution in [0.4, 0.5) is 0 Å². The number of nitrogens with one attached hydrogen (secondary N) is 1. The molecule has 0 bridgehead atoms. The van der Waals surface area contributed by atoms with Crippen molar-refractivity contribution in [3.63, 3.8) is 0 Å². The van der Waals surface area contributed by atoms with E-state index in [2.05, 4.69) is 24.1 Å². The van der Waals surface area contributed by atoms with Gasteiger partial charge < -0.3 is 10.2 Å². The predicted octanol–water partition coefficient (Wildman–Crippen LogP) is 2.00. The van der Waals surface area contributed by atoms with Crippen LogP contribution >= 0.6 is 12.2 Å². The number of rotatable bonds is 0. The molecule has 1 aliphatic rings. The molecule has 2 nitrogen and oxygen atoms in total. The minimum Gasteiger partial charge on any atom is -0.366 e. The van der Waals surface area contributed by atoms with Crippen molar-refractivity contribution >= 4 is 17.3 Å². The lowest BCUT2D eigenvalue weighted by Crippen LogP contribution is -2.44. The highest BCUT2D eigenvalue weighted by Crippen LogP contribution is 2.20. The molecule has 0 amide bonds. The van der Waals surface area contributed by atoms with E-state index >= 15 is 0 Å². The van der Waals surface area contributed by atoms with Gasteiger partial charge in [-0.2, -0.15) is 0 Å². The molecule has 1 rings (SSSR count). The summed E-state index contributed by atoms with van der Waals surface area (Å²) in [6.45, 7) is 5.69. The molecule has 1 N–H and O–H groups in total. The Bertz CT molecular complexity index is 182. The Morgan fingerprint density at radius 3 is 2.69 bits per heavy atom. The van der Waals surface area contributed by atoms with E-state index in [4.69, 9.17) is 12.2 Å². The molecule has 1 heterocycles. The first kappa shape index (κ1) is 10.8. The molecule has 0 radical (unpaired) electrons. The fraction of sp³-hybridized carbons (Fsp3) is 0.900. The summed E-state index contributed by atoms with van der Waals surface area (Å²) in [4.78, 5) is 2.33. The molecule has 0 aromatic rings. The number of likely N-dealkylation sites (tertiary alicyclic amines) is 1. The van der Waals surface area contributed by atoms with Crippen LogP contribution in [0.1, 0.15) is 33.1 Å². The largest absolute Gasteiger partial charge is 0.366 e. The van der Waals surface area contributed by atoms with Gasteiger partial charge in [-0.15, -0.1) is 0 Å². The van der Waals surface area contributed by atoms with Crippen molar-refractivity contribution in [3.05, 3.63) is 0 Å². The summed E-state index contributed by atoms with van der Waals surface area (Å²) in [7, 11) is 1.91. The van der Waals surface area contributed by atoms with Crippen LogP contribution in [0, 0.1) is 5.92 Å². The van der Waals surface area contributed by atoms with Crippen molar-refractivity contribution < 1.29 is 0 Å². The molecule has 1 aliphatic heterocycles. The van der Waals surface area contributed by atoms with Crippen LogP contribution in [-0.4, -0.2) is 29.6 Å². The van der Waals surface area contributed by atoms with Crippen molar-refractivity contribution in [2.45, 2.75) is 39.2 Å². The minimum absolute atomic E-state index is 0.602. The molecule has 76 valence electrons. The third-order valence-corrected chi connectivity index (χ3v) is 3.27. The van der Waals surface area contributed by atoms with E-state index in [9.17, 15) is 0 Å². The second-order valence-electron chi connectivity index (χ2n) is 4.09. The van der Waals surface area contributed by atoms with Gasteiger partial charge in [0, 0.05) is 19.6 Å². The second kappa shape index (κ2) is 4.80. The SMILES string of the molecule is CNC(=S)N1CC(C)CCCC1C. The lowest BCUT2D eigenvalue weighted by atomic mass is 10.1. The van der Waals surface area contributed by atoms with Crippen LogP contribution in [0.3, 0.4) is 0 Å². The van der Waals surface area contributed by atoms with Gasteiger partial charge >= 0.3 is 0 Å². The zero-order chi connectivity index (χ0) is 9.84. The summed E-state index contributed by atoms with van der Waals surface area (Å²) in [5.74, 6) is 0.774. The maximum absolute atomic E-state index is 5.28. The van der Waals surface area contributed by atoms with Gasteiger partial charge in [0.25, 0.3) is 0 Å². The van der Waals surface area contributed by atoms with E-state index in [0.29, 0.717) is 6.04 Å². The molecule has 2 unspecified atom stereocenters. The third kappa shape index (κ3) is 2.83. The van der Waals surface area contributed by atoms with Gasteiger partial charge in [-0.25, -0.2) is 0 Å². The van der Waals surface area contributed by atoms with Crippen molar-refractivity contribution in [3.8, 4) is 0 Å². The Labute approximate surface area is 86.7 Å². The first-order valence-corrected chi connectivity index (χ1v) is 5.54. The monoisotopic (exact) mass is 200 g/mol. The molecule has 1 saturated heterocycles. The van der Waals surface area contributed by atoms with Crippen molar-refractivity contribution in [1.82, 2.24) is 10.2 Å². The van der Waals surface area contributed by atoms with E-state index < -0.39 is 0 Å². The molecule has 3 heteroatoms. The van der Waals surface area contributed by atoms with Crippen LogP contribution in [0.15, 0.2) is 0 Å². The van der Waals surface area contributed by atoms with Crippen molar-refractivity contribution in [2.75, 3.05) is 13.6 Å². The Morgan fingerprint density at radius 2 is 2.08 bits per heavy atom. The number of thiocarbonyl (C=S) groups is 1. The normalized spacial score (nSPS) is 29.6. The van der Waals surface area contributed by atoms with Gasteiger partial charge in [-0.05, 0) is 37.9 Å². The first-order chi connectivity index (χ1) is 6.15. The van der Waals surface area contributed by atoms with Gasteiger partial charge in [-0.1, -0.05) is 13.3 Å². The van der Waals surface area contributed by atoms with E-state index in [1.165, 1.54) is 19.3 Å². The predicted molar refractivity (Wildman–Crippen MR) is 60.8 cm³/mol. The highest BCUT2D eigenvalue weighted by atomic mass is 32.1. The van der Waals surface area contributed by atoms with Crippen molar-refractivity contribution in [2.24, 2.45) is 5.92 Å². The second-order valence-corrected chi connectivity index (χ2v) is 4.48. The summed E-state index contributed by atoms with van der Waals surface area (Å²) in [5, 5.41) is 3.97. The quantitative estimate of drug-likeness (QED) is 0.602. The van der Waals surface area contributed by atoms with E-state index in [0.717, 1.165) is 17.6 Å². The lowest BCUT2D eigenvalue weighted by Gasteiger charge is -2.30. The summed E-state index contributed by atoms with van der Waals surface area (Å²) < 4.78 is 0. The molecule has 0 spiro atoms. The molecule has 0 aromatic heterocycles. The maximum Gasteiger partial charge on any atom is 0.168 e. The zero-order valence-electron chi connectivity index (χ0n) is 8.84. The molecule has 1 fully saturated rings. The van der Waals surface area contributed by atoms with E-state index in [1.807, 2.05) is 7.05 Å². The Hall–Kier alpha value is -0.310. The third-order valence-electron chi connectivity index (χ3n) is 2.83. The Kier molecular flexibility index (Phi) is 3.97. The summed E-state index contributed by atoms with van der Waals surface area (Å²) >= 11 is 5.28. The van der Waals surface area contributed by atoms with E-state index in [1.54, 1.807) is 0 Å². The summed E-state index contributed by atoms with van der Waals surface area (Å²) in [5.41, 5.74) is 0. The maximum atomic E-state index is 5.28. The molecule has 2 atom stereocenters. The summed E-state index contributed by atoms with van der Waals surface area (Å²) in [6.07, 6.45) is 3.95. The average molecular weight is 200 g/mol. The lowest BCUT2D eigenvalue weighted by molar-refractivity contribution is 0.306. The standard InChI is InChI=1S/C10H20N2S/c1-8-5-4-6-9(2)12(7-8)10(13)11-3/h8-9H,4-7H2,1-3H3,(H,11,13). The fourth-order valence-corrected chi connectivity index (χ4v) is 2.21. The smallest absolute Gasteiger partial charge is 0.168 e. The van der Waals surface area contributed by atoms with Crippen molar-refractivity contribution in [1.29, 1.82) is 0 Å². The van der Waals surface area contributed by atoms with E-state index in [-0.39, 0.29) is 0 Å². The molecule has 13 heavy (non-hydrogen) atoms. The van der Waals surface area contributed by atoms with Crippen LogP contribution in [0.2, 0.25) is 0 Å². The minimum atomic E-state index is 0.602. The van der Waals surface area contributed by atoms with Gasteiger partial charge in [0.2, 0.25) is 0 Å². The Balaban J connectivity index is 2.61. The molecule has 0 aromatic carbocycles. The molecule has 0 aliphatic carbocycles. The van der Waals surface area contributed by atoms with Gasteiger partial charge in [0.05, 0.1) is 0 Å². The molecule has 0 saturated carbocycles. The average Bonchev–Trinajstić information content (AvgIpc) is 2.27. The van der Waals surface area contributed by atoms with Crippen LogP contribution in [0.5, 0.6) is 0 Å². The van der Waals surface area contributed by atoms with Gasteiger partial charge in [-0.3, -0.25) is 0 Å². The number of nitrogens with zero attached hydrogens (tertiary/aromatic N) is 1. The number of hydrogen-bond donors (Lipinski definition) is 1. The molecular formula is C10H20N2S. The van der Waals surface area contributed by atoms with Gasteiger partial charge in [0.1, 0.15) is 0 Å². The highest BCUT2D eigenvalue weighted by molar-refractivity contribution is 7.80. The molecular weight excluding hydrogens is 180 g/mol. The zero-order valence-corrected chi connectivity index (χ0v) is 9.66. The van der Waals surface area contributed by atoms with Crippen LogP contribution < -0.4 is 5.32 Å².